The summed E-state index contributed by atoms with van der Waals surface area (Å²) >= 11 is 6.28. The molecule has 6 nitrogen and oxygen atoms in total. The number of hydrogen-bond donors (Lipinski definition) is 1. The van der Waals surface area contributed by atoms with Gasteiger partial charge >= 0.3 is 0 Å². The van der Waals surface area contributed by atoms with Gasteiger partial charge in [0.1, 0.15) is 11.5 Å². The fourth-order valence-electron chi connectivity index (χ4n) is 3.33. The molecule has 0 bridgehead atoms. The van der Waals surface area contributed by atoms with Gasteiger partial charge < -0.3 is 9.47 Å². The van der Waals surface area contributed by atoms with E-state index in [0.29, 0.717) is 36.0 Å². The van der Waals surface area contributed by atoms with Crippen LogP contribution in [0.3, 0.4) is 0 Å². The number of benzene rings is 3. The first-order valence-corrected chi connectivity index (χ1v) is 10.5. The predicted molar refractivity (Wildman–Crippen MR) is 122 cm³/mol. The third kappa shape index (κ3) is 5.15. The molecule has 1 aliphatic heterocycles. The SMILES string of the molecule is O=C1CC(=O)/C(=C\c2ccc(OCCCOc3ccc4ccccc4c3)c(Cl)c2)C(=O)N1. The quantitative estimate of drug-likeness (QED) is 0.191. The van der Waals surface area contributed by atoms with Gasteiger partial charge in [-0.15, -0.1) is 0 Å². The van der Waals surface area contributed by atoms with E-state index in [4.69, 9.17) is 21.1 Å². The first-order chi connectivity index (χ1) is 15.5. The lowest BCUT2D eigenvalue weighted by Gasteiger charge is -2.13. The van der Waals surface area contributed by atoms with Gasteiger partial charge in [-0.25, -0.2) is 0 Å². The fraction of sp³-hybridized carbons (Fsp3) is 0.160. The maximum Gasteiger partial charge on any atom is 0.261 e. The molecule has 0 aromatic heterocycles. The second-order valence-electron chi connectivity index (χ2n) is 7.28. The Kier molecular flexibility index (Phi) is 6.52. The third-order valence-electron chi connectivity index (χ3n) is 4.92. The van der Waals surface area contributed by atoms with Gasteiger partial charge in [-0.3, -0.25) is 19.7 Å². The smallest absolute Gasteiger partial charge is 0.261 e. The molecular weight excluding hydrogens is 430 g/mol. The van der Waals surface area contributed by atoms with Crippen LogP contribution in [0, 0.1) is 0 Å². The second-order valence-corrected chi connectivity index (χ2v) is 7.69. The average Bonchev–Trinajstić information content (AvgIpc) is 2.77. The number of hydrogen-bond acceptors (Lipinski definition) is 5. The summed E-state index contributed by atoms with van der Waals surface area (Å²) in [5.74, 6) is -0.504. The van der Waals surface area contributed by atoms with Crippen molar-refractivity contribution >= 4 is 46.0 Å². The predicted octanol–water partition coefficient (Wildman–Crippen LogP) is 4.34. The number of Topliss-reactive ketones (excluding diaryl/α,β-unsaturated/α-hetero) is 1. The van der Waals surface area contributed by atoms with Crippen LogP contribution in [0.25, 0.3) is 16.8 Å². The normalized spacial score (nSPS) is 15.2. The summed E-state index contributed by atoms with van der Waals surface area (Å²) in [6.07, 6.45) is 1.74. The number of ketones is 1. The summed E-state index contributed by atoms with van der Waals surface area (Å²) < 4.78 is 11.5. The molecule has 3 aromatic carbocycles. The van der Waals surface area contributed by atoms with E-state index < -0.39 is 17.6 Å². The van der Waals surface area contributed by atoms with Crippen LogP contribution in [0.5, 0.6) is 11.5 Å². The maximum absolute atomic E-state index is 11.9. The van der Waals surface area contributed by atoms with Crippen molar-refractivity contribution in [3.63, 3.8) is 0 Å². The van der Waals surface area contributed by atoms with Gasteiger partial charge in [0.05, 0.1) is 30.2 Å². The minimum Gasteiger partial charge on any atom is -0.493 e. The molecule has 0 spiro atoms. The van der Waals surface area contributed by atoms with Gasteiger partial charge in [0, 0.05) is 6.42 Å². The average molecular weight is 450 g/mol. The summed E-state index contributed by atoms with van der Waals surface area (Å²) in [6, 6.07) is 19.0. The molecule has 4 rings (SSSR count). The molecule has 32 heavy (non-hydrogen) atoms. The highest BCUT2D eigenvalue weighted by molar-refractivity contribution is 6.33. The third-order valence-corrected chi connectivity index (χ3v) is 5.22. The number of carbonyl (C=O) groups is 3. The van der Waals surface area contributed by atoms with Crippen LogP contribution >= 0.6 is 11.6 Å². The molecule has 0 atom stereocenters. The van der Waals surface area contributed by atoms with E-state index in [-0.39, 0.29) is 12.0 Å². The van der Waals surface area contributed by atoms with Crippen molar-refractivity contribution < 1.29 is 23.9 Å². The number of rotatable bonds is 7. The van der Waals surface area contributed by atoms with E-state index in [1.807, 2.05) is 36.4 Å². The molecule has 1 fully saturated rings. The minimum atomic E-state index is -0.700. The molecule has 0 radical (unpaired) electrons. The van der Waals surface area contributed by atoms with Gasteiger partial charge in [-0.05, 0) is 46.7 Å². The molecule has 0 saturated carbocycles. The highest BCUT2D eigenvalue weighted by Crippen LogP contribution is 2.27. The summed E-state index contributed by atoms with van der Waals surface area (Å²) in [5, 5.41) is 4.78. The molecule has 3 aromatic rings. The Labute approximate surface area is 189 Å². The summed E-state index contributed by atoms with van der Waals surface area (Å²) in [4.78, 5) is 35.0. The van der Waals surface area contributed by atoms with E-state index in [1.165, 1.54) is 11.5 Å². The van der Waals surface area contributed by atoms with E-state index in [0.717, 1.165) is 11.1 Å². The number of fused-ring (bicyclic) bond motifs is 1. The number of halogens is 1. The van der Waals surface area contributed by atoms with Crippen LogP contribution in [0.2, 0.25) is 5.02 Å². The van der Waals surface area contributed by atoms with Crippen LogP contribution in [0.15, 0.2) is 66.2 Å². The van der Waals surface area contributed by atoms with E-state index >= 15 is 0 Å². The molecule has 1 heterocycles. The Morgan fingerprint density at radius 2 is 1.69 bits per heavy atom. The zero-order valence-electron chi connectivity index (χ0n) is 17.1. The lowest BCUT2D eigenvalue weighted by atomic mass is 10.0. The monoisotopic (exact) mass is 449 g/mol. The Morgan fingerprint density at radius 1 is 0.906 bits per heavy atom. The van der Waals surface area contributed by atoms with Gasteiger partial charge in [-0.2, -0.15) is 0 Å². The summed E-state index contributed by atoms with van der Waals surface area (Å²) in [6.45, 7) is 0.910. The van der Waals surface area contributed by atoms with Crippen LogP contribution in [0.1, 0.15) is 18.4 Å². The Bertz CT molecular complexity index is 1210. The van der Waals surface area contributed by atoms with Gasteiger partial charge in [0.25, 0.3) is 5.91 Å². The van der Waals surface area contributed by atoms with Gasteiger partial charge in [0.2, 0.25) is 5.91 Å². The molecule has 1 aliphatic rings. The van der Waals surface area contributed by atoms with Gasteiger partial charge in [-0.1, -0.05) is 48.0 Å². The highest BCUT2D eigenvalue weighted by atomic mass is 35.5. The molecule has 0 unspecified atom stereocenters. The van der Waals surface area contributed by atoms with Crippen LogP contribution in [0.4, 0.5) is 0 Å². The van der Waals surface area contributed by atoms with Crippen LogP contribution in [-0.4, -0.2) is 30.8 Å². The van der Waals surface area contributed by atoms with Crippen molar-refractivity contribution in [3.8, 4) is 11.5 Å². The number of nitrogens with one attached hydrogen (secondary N) is 1. The largest absolute Gasteiger partial charge is 0.493 e. The summed E-state index contributed by atoms with van der Waals surface area (Å²) in [5.41, 5.74) is 0.495. The number of carbonyl (C=O) groups excluding carboxylic acids is 3. The molecule has 2 amide bonds. The summed E-state index contributed by atoms with van der Waals surface area (Å²) in [7, 11) is 0. The molecular formula is C25H20ClNO5. The van der Waals surface area contributed by atoms with Crippen LogP contribution in [-0.2, 0) is 14.4 Å². The first-order valence-electron chi connectivity index (χ1n) is 10.1. The van der Waals surface area contributed by atoms with Crippen molar-refractivity contribution in [3.05, 3.63) is 76.8 Å². The van der Waals surface area contributed by atoms with Crippen molar-refractivity contribution in [1.82, 2.24) is 5.32 Å². The zero-order chi connectivity index (χ0) is 22.5. The number of amides is 2. The van der Waals surface area contributed by atoms with Gasteiger partial charge in [0.15, 0.2) is 5.78 Å². The first kappa shape index (κ1) is 21.6. The van der Waals surface area contributed by atoms with Crippen molar-refractivity contribution in [2.75, 3.05) is 13.2 Å². The minimum absolute atomic E-state index is 0.0693. The molecule has 162 valence electrons. The molecule has 1 N–H and O–H groups in total. The molecule has 7 heteroatoms. The lowest BCUT2D eigenvalue weighted by molar-refractivity contribution is -0.134. The van der Waals surface area contributed by atoms with E-state index in [1.54, 1.807) is 18.2 Å². The second kappa shape index (κ2) is 9.66. The molecule has 1 saturated heterocycles. The maximum atomic E-state index is 11.9. The van der Waals surface area contributed by atoms with Crippen molar-refractivity contribution in [2.45, 2.75) is 12.8 Å². The highest BCUT2D eigenvalue weighted by Gasteiger charge is 2.28. The van der Waals surface area contributed by atoms with Crippen molar-refractivity contribution in [1.29, 1.82) is 0 Å². The van der Waals surface area contributed by atoms with E-state index in [2.05, 4.69) is 11.4 Å². The Hall–Kier alpha value is -3.64. The number of imide groups is 1. The fourth-order valence-corrected chi connectivity index (χ4v) is 3.57. The standard InChI is InChI=1S/C25H20ClNO5/c26-21-13-16(12-20-22(28)15-24(29)27-25(20)30)6-9-23(21)32-11-3-10-31-19-8-7-17-4-1-2-5-18(17)14-19/h1-2,4-9,12-14H,3,10-11,15H2,(H,27,29,30)/b20-12+. The lowest BCUT2D eigenvalue weighted by Crippen LogP contribution is -2.40. The number of piperidine rings is 1. The zero-order valence-corrected chi connectivity index (χ0v) is 17.9. The van der Waals surface area contributed by atoms with Crippen LogP contribution < -0.4 is 14.8 Å². The number of ether oxygens (including phenoxy) is 2. The van der Waals surface area contributed by atoms with E-state index in [9.17, 15) is 14.4 Å². The Balaban J connectivity index is 1.29. The Morgan fingerprint density at radius 3 is 2.47 bits per heavy atom. The van der Waals surface area contributed by atoms with Crippen molar-refractivity contribution in [2.24, 2.45) is 0 Å². The molecule has 0 aliphatic carbocycles. The topological polar surface area (TPSA) is 81.7 Å².